The summed E-state index contributed by atoms with van der Waals surface area (Å²) in [6.45, 7) is 0.151. The number of alkyl halides is 2. The predicted molar refractivity (Wildman–Crippen MR) is 90.8 cm³/mol. The molecule has 0 aliphatic carbocycles. The van der Waals surface area contributed by atoms with E-state index in [2.05, 4.69) is 14.6 Å². The van der Waals surface area contributed by atoms with Crippen LogP contribution in [0.1, 0.15) is 16.5 Å². The van der Waals surface area contributed by atoms with Crippen molar-refractivity contribution in [3.8, 4) is 5.75 Å². The number of halogens is 3. The van der Waals surface area contributed by atoms with Crippen molar-refractivity contribution in [3.05, 3.63) is 40.9 Å². The Bertz CT molecular complexity index is 642. The number of hydrogen-bond acceptors (Lipinski definition) is 6. The lowest BCUT2D eigenvalue weighted by atomic mass is 10.1. The van der Waals surface area contributed by atoms with Gasteiger partial charge in [0.2, 0.25) is 0 Å². The lowest BCUT2D eigenvalue weighted by Gasteiger charge is -2.32. The van der Waals surface area contributed by atoms with E-state index in [0.29, 0.717) is 11.7 Å². The zero-order chi connectivity index (χ0) is 16.2. The van der Waals surface area contributed by atoms with Crippen LogP contribution in [0.5, 0.6) is 5.75 Å². The highest BCUT2D eigenvalue weighted by molar-refractivity contribution is 7.15. The number of rotatable bonds is 5. The van der Waals surface area contributed by atoms with E-state index in [9.17, 15) is 8.78 Å². The van der Waals surface area contributed by atoms with Gasteiger partial charge < -0.3 is 15.2 Å². The minimum atomic E-state index is -2.81. The van der Waals surface area contributed by atoms with Crippen molar-refractivity contribution < 1.29 is 18.3 Å². The fraction of sp³-hybridized carbons (Fsp3) is 0.400. The summed E-state index contributed by atoms with van der Waals surface area (Å²) in [5.74, 6) is 0.150. The molecule has 1 aromatic carbocycles. The third-order valence-electron chi connectivity index (χ3n) is 3.58. The molecule has 0 radical (unpaired) electrons. The molecule has 1 aromatic heterocycles. The first-order valence-electron chi connectivity index (χ1n) is 7.19. The average Bonchev–Trinajstić information content (AvgIpc) is 2.93. The Labute approximate surface area is 148 Å². The second-order valence-electron chi connectivity index (χ2n) is 5.21. The van der Waals surface area contributed by atoms with Crippen molar-refractivity contribution in [2.24, 2.45) is 0 Å². The molecule has 0 saturated carbocycles. The molecule has 9 heteroatoms. The molecule has 1 aliphatic rings. The molecule has 5 nitrogen and oxygen atoms in total. The maximum Gasteiger partial charge on any atom is 0.387 e. The molecule has 2 N–H and O–H groups in total. The van der Waals surface area contributed by atoms with Crippen LogP contribution in [0, 0.1) is 0 Å². The van der Waals surface area contributed by atoms with E-state index in [4.69, 9.17) is 10.5 Å². The summed E-state index contributed by atoms with van der Waals surface area (Å²) in [4.78, 5) is 7.44. The third-order valence-corrected chi connectivity index (χ3v) is 4.39. The monoisotopic (exact) mass is 377 g/mol. The molecule has 1 aliphatic heterocycles. The number of hydrogen-bond donors (Lipinski definition) is 1. The fourth-order valence-corrected chi connectivity index (χ4v) is 3.25. The van der Waals surface area contributed by atoms with Crippen LogP contribution in [0.25, 0.3) is 0 Å². The summed E-state index contributed by atoms with van der Waals surface area (Å²) >= 11 is 1.48. The van der Waals surface area contributed by atoms with E-state index in [1.807, 2.05) is 0 Å². The molecule has 24 heavy (non-hydrogen) atoms. The largest absolute Gasteiger partial charge is 0.435 e. The second-order valence-corrected chi connectivity index (χ2v) is 6.35. The number of nitrogen functional groups attached to an aromatic ring is 1. The molecule has 132 valence electrons. The van der Waals surface area contributed by atoms with Crippen molar-refractivity contribution in [2.45, 2.75) is 19.3 Å². The van der Waals surface area contributed by atoms with E-state index >= 15 is 0 Å². The number of anilines is 1. The average molecular weight is 378 g/mol. The minimum absolute atomic E-state index is 0. The van der Waals surface area contributed by atoms with Gasteiger partial charge in [-0.1, -0.05) is 12.1 Å². The Morgan fingerprint density at radius 2 is 2.12 bits per heavy atom. The van der Waals surface area contributed by atoms with Crippen LogP contribution in [0.3, 0.4) is 0 Å². The molecule has 0 amide bonds. The topological polar surface area (TPSA) is 60.6 Å². The number of nitrogens with zero attached hydrogens (tertiary/aromatic N) is 2. The Morgan fingerprint density at radius 3 is 2.75 bits per heavy atom. The molecule has 1 unspecified atom stereocenters. The molecule has 3 rings (SSSR count). The Hall–Kier alpha value is -1.48. The molecule has 1 saturated heterocycles. The van der Waals surface area contributed by atoms with Gasteiger partial charge in [0, 0.05) is 30.7 Å². The Kier molecular flexibility index (Phi) is 6.73. The molecule has 2 aromatic rings. The minimum Gasteiger partial charge on any atom is -0.435 e. The van der Waals surface area contributed by atoms with Gasteiger partial charge in [-0.2, -0.15) is 8.78 Å². The number of benzene rings is 1. The van der Waals surface area contributed by atoms with Crippen molar-refractivity contribution in [3.63, 3.8) is 0 Å². The summed E-state index contributed by atoms with van der Waals surface area (Å²) in [5, 5.41) is 0.569. The van der Waals surface area contributed by atoms with Gasteiger partial charge in [0.25, 0.3) is 0 Å². The smallest absolute Gasteiger partial charge is 0.387 e. The van der Waals surface area contributed by atoms with Crippen LogP contribution in [-0.2, 0) is 11.3 Å². The number of morpholine rings is 1. The van der Waals surface area contributed by atoms with Crippen LogP contribution >= 0.6 is 23.7 Å². The van der Waals surface area contributed by atoms with Crippen LogP contribution in [0.15, 0.2) is 30.5 Å². The van der Waals surface area contributed by atoms with Crippen molar-refractivity contribution >= 4 is 28.9 Å². The van der Waals surface area contributed by atoms with E-state index in [1.165, 1.54) is 23.5 Å². The lowest BCUT2D eigenvalue weighted by Crippen LogP contribution is -2.37. The second kappa shape index (κ2) is 8.57. The van der Waals surface area contributed by atoms with Crippen molar-refractivity contribution in [1.82, 2.24) is 9.88 Å². The third kappa shape index (κ3) is 5.01. The predicted octanol–water partition coefficient (Wildman–Crippen LogP) is 3.32. The van der Waals surface area contributed by atoms with Gasteiger partial charge >= 0.3 is 6.61 Å². The highest BCUT2D eigenvalue weighted by Gasteiger charge is 2.22. The number of thiazole rings is 1. The Morgan fingerprint density at radius 1 is 1.38 bits per heavy atom. The summed E-state index contributed by atoms with van der Waals surface area (Å²) < 4.78 is 34.5. The van der Waals surface area contributed by atoms with Gasteiger partial charge in [0.05, 0.1) is 12.7 Å². The number of ether oxygens (including phenoxy) is 2. The van der Waals surface area contributed by atoms with Gasteiger partial charge in [-0.05, 0) is 17.7 Å². The van der Waals surface area contributed by atoms with Crippen LogP contribution in [0.4, 0.5) is 13.9 Å². The first kappa shape index (κ1) is 18.9. The van der Waals surface area contributed by atoms with E-state index < -0.39 is 6.61 Å². The van der Waals surface area contributed by atoms with E-state index in [1.54, 1.807) is 18.3 Å². The SMILES string of the molecule is Cl.Nc1ncc(CN2CCOC(c3ccc(OC(F)F)cc3)C2)s1. The normalized spacial score (nSPS) is 18.4. The van der Waals surface area contributed by atoms with Gasteiger partial charge in [0.1, 0.15) is 5.75 Å². The maximum atomic E-state index is 12.2. The number of aromatic nitrogens is 1. The Balaban J connectivity index is 0.00000208. The summed E-state index contributed by atoms with van der Waals surface area (Å²) in [5.41, 5.74) is 6.59. The van der Waals surface area contributed by atoms with Crippen LogP contribution in [0.2, 0.25) is 0 Å². The van der Waals surface area contributed by atoms with E-state index in [-0.39, 0.29) is 24.3 Å². The molecule has 2 heterocycles. The maximum absolute atomic E-state index is 12.2. The van der Waals surface area contributed by atoms with E-state index in [0.717, 1.165) is 30.1 Å². The summed E-state index contributed by atoms with van der Waals surface area (Å²) in [7, 11) is 0. The first-order chi connectivity index (χ1) is 11.1. The summed E-state index contributed by atoms with van der Waals surface area (Å²) in [6, 6.07) is 6.59. The molecular weight excluding hydrogens is 360 g/mol. The summed E-state index contributed by atoms with van der Waals surface area (Å²) in [6.07, 6.45) is 1.70. The number of nitrogens with two attached hydrogens (primary N) is 1. The fourth-order valence-electron chi connectivity index (χ4n) is 2.53. The van der Waals surface area contributed by atoms with Gasteiger partial charge in [0.15, 0.2) is 5.13 Å². The lowest BCUT2D eigenvalue weighted by molar-refractivity contribution is -0.0500. The standard InChI is InChI=1S/C15H17F2N3O2S.ClH/c16-14(17)22-11-3-1-10(2-4-11)13-9-20(5-6-21-13)8-12-7-19-15(18)23-12;/h1-4,7,13-14H,5-6,8-9H2,(H2,18,19);1H. The van der Waals surface area contributed by atoms with Gasteiger partial charge in [-0.15, -0.1) is 23.7 Å². The first-order valence-corrected chi connectivity index (χ1v) is 8.01. The van der Waals surface area contributed by atoms with Crippen LogP contribution in [-0.4, -0.2) is 36.2 Å². The van der Waals surface area contributed by atoms with Crippen molar-refractivity contribution in [1.29, 1.82) is 0 Å². The van der Waals surface area contributed by atoms with Crippen LogP contribution < -0.4 is 10.5 Å². The quantitative estimate of drug-likeness (QED) is 0.866. The zero-order valence-electron chi connectivity index (χ0n) is 12.7. The highest BCUT2D eigenvalue weighted by atomic mass is 35.5. The van der Waals surface area contributed by atoms with Gasteiger partial charge in [-0.3, -0.25) is 4.90 Å². The zero-order valence-corrected chi connectivity index (χ0v) is 14.4. The highest BCUT2D eigenvalue weighted by Crippen LogP contribution is 2.26. The molecule has 0 bridgehead atoms. The molecular formula is C15H18ClF2N3O2S. The van der Waals surface area contributed by atoms with Crippen molar-refractivity contribution in [2.75, 3.05) is 25.4 Å². The molecule has 1 atom stereocenters. The van der Waals surface area contributed by atoms with Gasteiger partial charge in [-0.25, -0.2) is 4.98 Å². The molecule has 0 spiro atoms. The molecule has 1 fully saturated rings.